The molecule has 0 aliphatic carbocycles. The van der Waals surface area contributed by atoms with Gasteiger partial charge in [-0.3, -0.25) is 4.68 Å². The van der Waals surface area contributed by atoms with Crippen LogP contribution in [0, 0.1) is 5.82 Å². The maximum absolute atomic E-state index is 12.8. The predicted molar refractivity (Wildman–Crippen MR) is 59.0 cm³/mol. The minimum atomic E-state index is -1.34. The number of carbonyl (C=O) groups is 1. The summed E-state index contributed by atoms with van der Waals surface area (Å²) >= 11 is 0. The van der Waals surface area contributed by atoms with Crippen molar-refractivity contribution in [2.24, 2.45) is 0 Å². The zero-order valence-electron chi connectivity index (χ0n) is 9.17. The van der Waals surface area contributed by atoms with Gasteiger partial charge in [-0.2, -0.15) is 5.10 Å². The van der Waals surface area contributed by atoms with Crippen molar-refractivity contribution >= 4 is 5.97 Å². The zero-order valence-corrected chi connectivity index (χ0v) is 9.17. The number of aliphatic carboxylic acids is 1. The molecule has 0 aliphatic rings. The van der Waals surface area contributed by atoms with Crippen molar-refractivity contribution in [1.82, 2.24) is 9.78 Å². The van der Waals surface area contributed by atoms with Gasteiger partial charge < -0.3 is 5.11 Å². The summed E-state index contributed by atoms with van der Waals surface area (Å²) in [5, 5.41) is 13.3. The summed E-state index contributed by atoms with van der Waals surface area (Å²) < 4.78 is 14.2. The molecule has 2 aromatic rings. The number of hydrogen-bond donors (Lipinski definition) is 1. The van der Waals surface area contributed by atoms with Gasteiger partial charge in [-0.05, 0) is 30.7 Å². The average Bonchev–Trinajstić information content (AvgIpc) is 2.82. The van der Waals surface area contributed by atoms with Gasteiger partial charge in [-0.15, -0.1) is 0 Å². The number of benzene rings is 1. The van der Waals surface area contributed by atoms with Crippen molar-refractivity contribution in [2.45, 2.75) is 12.5 Å². The molecule has 0 spiro atoms. The third-order valence-electron chi connectivity index (χ3n) is 2.79. The minimum absolute atomic E-state index is 0.401. The lowest BCUT2D eigenvalue weighted by molar-refractivity contribution is -0.144. The van der Waals surface area contributed by atoms with Gasteiger partial charge in [0.1, 0.15) is 5.82 Å². The molecule has 1 unspecified atom stereocenters. The summed E-state index contributed by atoms with van der Waals surface area (Å²) in [6.07, 6.45) is 3.07. The summed E-state index contributed by atoms with van der Waals surface area (Å²) in [6, 6.07) is 7.01. The molecule has 0 aliphatic heterocycles. The largest absolute Gasteiger partial charge is 0.479 e. The summed E-state index contributed by atoms with van der Waals surface area (Å²) in [5.41, 5.74) is -0.868. The lowest BCUT2D eigenvalue weighted by Crippen LogP contribution is -2.40. The number of halogens is 1. The third kappa shape index (κ3) is 1.80. The summed E-state index contributed by atoms with van der Waals surface area (Å²) in [4.78, 5) is 11.5. The molecule has 2 rings (SSSR count). The maximum Gasteiger partial charge on any atom is 0.336 e. The Morgan fingerprint density at radius 3 is 2.53 bits per heavy atom. The summed E-state index contributed by atoms with van der Waals surface area (Å²) in [7, 11) is 0. The Labute approximate surface area is 97.3 Å². The Morgan fingerprint density at radius 2 is 2.06 bits per heavy atom. The standard InChI is InChI=1S/C12H11FN2O2/c1-12(11(16)17,15-8-2-7-14-15)9-3-5-10(13)6-4-9/h2-8H,1H3,(H,16,17). The fraction of sp³-hybridized carbons (Fsp3) is 0.167. The highest BCUT2D eigenvalue weighted by Crippen LogP contribution is 2.25. The van der Waals surface area contributed by atoms with Gasteiger partial charge in [-0.25, -0.2) is 9.18 Å². The van der Waals surface area contributed by atoms with Crippen LogP contribution in [0.3, 0.4) is 0 Å². The van der Waals surface area contributed by atoms with Gasteiger partial charge in [0.2, 0.25) is 0 Å². The molecule has 1 atom stereocenters. The minimum Gasteiger partial charge on any atom is -0.479 e. The lowest BCUT2D eigenvalue weighted by atomic mass is 9.92. The molecule has 1 aromatic carbocycles. The summed E-state index contributed by atoms with van der Waals surface area (Å²) in [6.45, 7) is 1.52. The van der Waals surface area contributed by atoms with Crippen molar-refractivity contribution in [1.29, 1.82) is 0 Å². The van der Waals surface area contributed by atoms with Gasteiger partial charge in [0.25, 0.3) is 0 Å². The lowest BCUT2D eigenvalue weighted by Gasteiger charge is -2.25. The maximum atomic E-state index is 12.8. The Bertz CT molecular complexity index is 522. The Balaban J connectivity index is 2.56. The van der Waals surface area contributed by atoms with Crippen LogP contribution >= 0.6 is 0 Å². The Morgan fingerprint density at radius 1 is 1.41 bits per heavy atom. The van der Waals surface area contributed by atoms with Crippen LogP contribution in [0.2, 0.25) is 0 Å². The van der Waals surface area contributed by atoms with Gasteiger partial charge in [-0.1, -0.05) is 12.1 Å². The molecule has 4 nitrogen and oxygen atoms in total. The first-order chi connectivity index (χ1) is 8.05. The number of rotatable bonds is 3. The molecule has 0 bridgehead atoms. The molecule has 17 heavy (non-hydrogen) atoms. The molecule has 88 valence electrons. The highest BCUT2D eigenvalue weighted by Gasteiger charge is 2.37. The van der Waals surface area contributed by atoms with E-state index in [1.54, 1.807) is 12.3 Å². The van der Waals surface area contributed by atoms with Crippen LogP contribution in [0.4, 0.5) is 4.39 Å². The van der Waals surface area contributed by atoms with Gasteiger partial charge in [0.05, 0.1) is 0 Å². The molecule has 1 aromatic heterocycles. The van der Waals surface area contributed by atoms with E-state index >= 15 is 0 Å². The molecule has 0 amide bonds. The second-order valence-electron chi connectivity index (χ2n) is 3.83. The van der Waals surface area contributed by atoms with Crippen molar-refractivity contribution in [3.05, 3.63) is 54.1 Å². The normalized spacial score (nSPS) is 14.2. The molecular weight excluding hydrogens is 223 g/mol. The topological polar surface area (TPSA) is 55.1 Å². The SMILES string of the molecule is CC(C(=O)O)(c1ccc(F)cc1)n1cccn1. The van der Waals surface area contributed by atoms with Gasteiger partial charge >= 0.3 is 5.97 Å². The first kappa shape index (κ1) is 11.3. The van der Waals surface area contributed by atoms with Crippen molar-refractivity contribution in [3.8, 4) is 0 Å². The van der Waals surface area contributed by atoms with Gasteiger partial charge in [0.15, 0.2) is 5.54 Å². The van der Waals surface area contributed by atoms with E-state index in [4.69, 9.17) is 0 Å². The van der Waals surface area contributed by atoms with Crippen molar-refractivity contribution < 1.29 is 14.3 Å². The first-order valence-corrected chi connectivity index (χ1v) is 5.04. The molecular formula is C12H11FN2O2. The highest BCUT2D eigenvalue weighted by atomic mass is 19.1. The van der Waals surface area contributed by atoms with Crippen LogP contribution in [-0.4, -0.2) is 20.9 Å². The third-order valence-corrected chi connectivity index (χ3v) is 2.79. The highest BCUT2D eigenvalue weighted by molar-refractivity contribution is 5.80. The second-order valence-corrected chi connectivity index (χ2v) is 3.83. The number of carboxylic acid groups (broad SMARTS) is 1. The first-order valence-electron chi connectivity index (χ1n) is 5.04. The Kier molecular flexibility index (Phi) is 2.67. The zero-order chi connectivity index (χ0) is 12.5. The van der Waals surface area contributed by atoms with Crippen molar-refractivity contribution in [2.75, 3.05) is 0 Å². The van der Waals surface area contributed by atoms with E-state index in [0.717, 1.165) is 0 Å². The quantitative estimate of drug-likeness (QED) is 0.882. The van der Waals surface area contributed by atoms with Crippen LogP contribution in [-0.2, 0) is 10.3 Å². The van der Waals surface area contributed by atoms with Crippen molar-refractivity contribution in [3.63, 3.8) is 0 Å². The smallest absolute Gasteiger partial charge is 0.336 e. The van der Waals surface area contributed by atoms with E-state index in [1.807, 2.05) is 0 Å². The van der Waals surface area contributed by atoms with Gasteiger partial charge in [0, 0.05) is 12.4 Å². The van der Waals surface area contributed by atoms with Crippen LogP contribution in [0.5, 0.6) is 0 Å². The van der Waals surface area contributed by atoms with E-state index in [-0.39, 0.29) is 0 Å². The van der Waals surface area contributed by atoms with E-state index in [9.17, 15) is 14.3 Å². The van der Waals surface area contributed by atoms with Crippen LogP contribution < -0.4 is 0 Å². The molecule has 1 heterocycles. The monoisotopic (exact) mass is 234 g/mol. The molecule has 0 radical (unpaired) electrons. The molecule has 0 saturated carbocycles. The van der Waals surface area contributed by atoms with E-state index in [2.05, 4.69) is 5.10 Å². The molecule has 5 heteroatoms. The predicted octanol–water partition coefficient (Wildman–Crippen LogP) is 1.87. The number of hydrogen-bond acceptors (Lipinski definition) is 2. The molecule has 0 saturated heterocycles. The van der Waals surface area contributed by atoms with E-state index in [0.29, 0.717) is 5.56 Å². The van der Waals surface area contributed by atoms with Crippen LogP contribution in [0.15, 0.2) is 42.7 Å². The van der Waals surface area contributed by atoms with Crippen LogP contribution in [0.25, 0.3) is 0 Å². The Hall–Kier alpha value is -2.17. The second kappa shape index (κ2) is 4.01. The number of carboxylic acids is 1. The fourth-order valence-electron chi connectivity index (χ4n) is 1.66. The number of aromatic nitrogens is 2. The number of nitrogens with zero attached hydrogens (tertiary/aromatic N) is 2. The van der Waals surface area contributed by atoms with E-state index in [1.165, 1.54) is 42.1 Å². The van der Waals surface area contributed by atoms with Crippen LogP contribution in [0.1, 0.15) is 12.5 Å². The fourth-order valence-corrected chi connectivity index (χ4v) is 1.66. The molecule has 1 N–H and O–H groups in total. The summed E-state index contributed by atoms with van der Waals surface area (Å²) in [5.74, 6) is -1.45. The van der Waals surface area contributed by atoms with E-state index < -0.39 is 17.3 Å². The molecule has 0 fully saturated rings. The average molecular weight is 234 g/mol.